The molecule has 0 radical (unpaired) electrons. The summed E-state index contributed by atoms with van der Waals surface area (Å²) in [4.78, 5) is 26.0. The third-order valence-corrected chi connectivity index (χ3v) is 5.23. The van der Waals surface area contributed by atoms with Crippen LogP contribution in [0.2, 0.25) is 0 Å². The van der Waals surface area contributed by atoms with Gasteiger partial charge in [-0.15, -0.1) is 0 Å². The summed E-state index contributed by atoms with van der Waals surface area (Å²) < 4.78 is 0. The Bertz CT molecular complexity index is 735. The molecule has 0 spiro atoms. The standard InChI is InChI=1S/C19H20O2/c1-8-7-9(2)15-14(8)18(20)16-12(5)10(3)11(4)13(6)17(16)19(15)21/h7H2,1-6H3. The molecule has 2 nitrogen and oxygen atoms in total. The predicted octanol–water partition coefficient (Wildman–Crippen LogP) is 4.34. The number of rotatable bonds is 0. The van der Waals surface area contributed by atoms with Gasteiger partial charge in [0.05, 0.1) is 0 Å². The summed E-state index contributed by atoms with van der Waals surface area (Å²) in [5.41, 5.74) is 8.79. The fourth-order valence-electron chi connectivity index (χ4n) is 3.75. The zero-order valence-electron chi connectivity index (χ0n) is 13.5. The summed E-state index contributed by atoms with van der Waals surface area (Å²) in [6.07, 6.45) is 0.742. The van der Waals surface area contributed by atoms with Crippen LogP contribution >= 0.6 is 0 Å². The summed E-state index contributed by atoms with van der Waals surface area (Å²) in [5, 5.41) is 0. The Hall–Kier alpha value is -1.96. The summed E-state index contributed by atoms with van der Waals surface area (Å²) in [5.74, 6) is 0.0790. The highest BCUT2D eigenvalue weighted by Gasteiger charge is 2.40. The van der Waals surface area contributed by atoms with Gasteiger partial charge in [0.2, 0.25) is 0 Å². The monoisotopic (exact) mass is 280 g/mol. The van der Waals surface area contributed by atoms with Crippen molar-refractivity contribution >= 4 is 11.6 Å². The molecule has 0 saturated carbocycles. The second-order valence-corrected chi connectivity index (χ2v) is 6.40. The first-order valence-corrected chi connectivity index (χ1v) is 7.37. The maximum absolute atomic E-state index is 13.0. The first-order chi connectivity index (χ1) is 9.77. The largest absolute Gasteiger partial charge is 0.289 e. The van der Waals surface area contributed by atoms with Gasteiger partial charge in [-0.05, 0) is 70.2 Å². The molecule has 0 saturated heterocycles. The first-order valence-electron chi connectivity index (χ1n) is 7.37. The lowest BCUT2D eigenvalue weighted by molar-refractivity contribution is 0.0971. The molecule has 0 bridgehead atoms. The van der Waals surface area contributed by atoms with Crippen molar-refractivity contribution in [1.82, 2.24) is 0 Å². The van der Waals surface area contributed by atoms with Gasteiger partial charge in [-0.25, -0.2) is 0 Å². The third kappa shape index (κ3) is 1.59. The highest BCUT2D eigenvalue weighted by molar-refractivity contribution is 6.33. The van der Waals surface area contributed by atoms with Crippen molar-refractivity contribution in [2.45, 2.75) is 48.0 Å². The highest BCUT2D eigenvalue weighted by atomic mass is 16.1. The number of Topliss-reactive ketones (excluding diaryl/α,β-unsaturated/α-hetero) is 2. The van der Waals surface area contributed by atoms with Crippen LogP contribution in [0.15, 0.2) is 22.3 Å². The quantitative estimate of drug-likeness (QED) is 0.708. The van der Waals surface area contributed by atoms with Crippen molar-refractivity contribution < 1.29 is 9.59 Å². The molecule has 0 heterocycles. The van der Waals surface area contributed by atoms with Gasteiger partial charge in [0.1, 0.15) is 0 Å². The second-order valence-electron chi connectivity index (χ2n) is 6.40. The number of fused-ring (bicyclic) bond motifs is 2. The third-order valence-electron chi connectivity index (χ3n) is 5.23. The minimum Gasteiger partial charge on any atom is -0.289 e. The molecule has 0 fully saturated rings. The average molecular weight is 280 g/mol. The fraction of sp³-hybridized carbons (Fsp3) is 0.368. The van der Waals surface area contributed by atoms with E-state index in [1.165, 1.54) is 0 Å². The molecule has 2 heteroatoms. The zero-order chi connectivity index (χ0) is 15.6. The van der Waals surface area contributed by atoms with Crippen molar-refractivity contribution in [2.75, 3.05) is 0 Å². The van der Waals surface area contributed by atoms with E-state index in [9.17, 15) is 9.59 Å². The van der Waals surface area contributed by atoms with Crippen LogP contribution in [0.5, 0.6) is 0 Å². The SMILES string of the molecule is CC1=C2C(=O)c3c(C)c(C)c(C)c(C)c3C(=O)C2=C(C)C1. The van der Waals surface area contributed by atoms with Gasteiger partial charge in [-0.3, -0.25) is 9.59 Å². The Kier molecular flexibility index (Phi) is 2.84. The van der Waals surface area contributed by atoms with Crippen molar-refractivity contribution in [3.8, 4) is 0 Å². The van der Waals surface area contributed by atoms with E-state index >= 15 is 0 Å². The molecule has 1 aromatic rings. The van der Waals surface area contributed by atoms with Gasteiger partial charge in [-0.2, -0.15) is 0 Å². The van der Waals surface area contributed by atoms with Crippen LogP contribution in [0.3, 0.4) is 0 Å². The molecule has 0 amide bonds. The number of carbonyl (C=O) groups is 2. The van der Waals surface area contributed by atoms with Crippen LogP contribution in [0.25, 0.3) is 0 Å². The fourth-order valence-corrected chi connectivity index (χ4v) is 3.75. The lowest BCUT2D eigenvalue weighted by Crippen LogP contribution is -2.26. The normalized spacial score (nSPS) is 17.6. The number of allylic oxidation sites excluding steroid dienone is 4. The van der Waals surface area contributed by atoms with E-state index in [0.717, 1.165) is 39.8 Å². The van der Waals surface area contributed by atoms with Crippen LogP contribution in [0.4, 0.5) is 0 Å². The summed E-state index contributed by atoms with van der Waals surface area (Å²) in [7, 11) is 0. The van der Waals surface area contributed by atoms with Gasteiger partial charge in [-0.1, -0.05) is 11.1 Å². The van der Waals surface area contributed by atoms with Crippen molar-refractivity contribution in [2.24, 2.45) is 0 Å². The molecular weight excluding hydrogens is 260 g/mol. The van der Waals surface area contributed by atoms with Crippen molar-refractivity contribution in [3.63, 3.8) is 0 Å². The topological polar surface area (TPSA) is 34.1 Å². The van der Waals surface area contributed by atoms with E-state index in [2.05, 4.69) is 0 Å². The maximum atomic E-state index is 13.0. The number of carbonyl (C=O) groups excluding carboxylic acids is 2. The van der Waals surface area contributed by atoms with Crippen LogP contribution in [0, 0.1) is 27.7 Å². The minimum absolute atomic E-state index is 0.0395. The molecule has 0 aromatic heterocycles. The van der Waals surface area contributed by atoms with Crippen LogP contribution < -0.4 is 0 Å². The van der Waals surface area contributed by atoms with E-state index < -0.39 is 0 Å². The van der Waals surface area contributed by atoms with E-state index in [4.69, 9.17) is 0 Å². The number of benzene rings is 1. The molecular formula is C19H20O2. The van der Waals surface area contributed by atoms with Crippen molar-refractivity contribution in [3.05, 3.63) is 55.7 Å². The van der Waals surface area contributed by atoms with Gasteiger partial charge in [0.25, 0.3) is 0 Å². The zero-order valence-corrected chi connectivity index (χ0v) is 13.5. The predicted molar refractivity (Wildman–Crippen MR) is 84.1 cm³/mol. The molecule has 0 N–H and O–H groups in total. The average Bonchev–Trinajstić information content (AvgIpc) is 2.73. The Morgan fingerprint density at radius 2 is 0.905 bits per heavy atom. The Labute approximate surface area is 125 Å². The van der Waals surface area contributed by atoms with Gasteiger partial charge in [0, 0.05) is 22.3 Å². The van der Waals surface area contributed by atoms with Crippen LogP contribution in [-0.2, 0) is 0 Å². The molecule has 108 valence electrons. The van der Waals surface area contributed by atoms with E-state index in [-0.39, 0.29) is 11.6 Å². The van der Waals surface area contributed by atoms with E-state index in [0.29, 0.717) is 22.3 Å². The maximum Gasteiger partial charge on any atom is 0.194 e. The lowest BCUT2D eigenvalue weighted by Gasteiger charge is -2.25. The van der Waals surface area contributed by atoms with Crippen LogP contribution in [-0.4, -0.2) is 11.6 Å². The first kappa shape index (κ1) is 14.0. The van der Waals surface area contributed by atoms with Gasteiger partial charge < -0.3 is 0 Å². The molecule has 2 aliphatic carbocycles. The number of ketones is 2. The molecule has 2 aliphatic rings. The minimum atomic E-state index is 0.0395. The molecule has 0 aliphatic heterocycles. The molecule has 0 atom stereocenters. The Morgan fingerprint density at radius 3 is 1.24 bits per heavy atom. The number of hydrogen-bond acceptors (Lipinski definition) is 2. The van der Waals surface area contributed by atoms with E-state index in [1.807, 2.05) is 41.5 Å². The summed E-state index contributed by atoms with van der Waals surface area (Å²) in [6.45, 7) is 11.9. The smallest absolute Gasteiger partial charge is 0.194 e. The second kappa shape index (κ2) is 4.27. The molecule has 1 aromatic carbocycles. The van der Waals surface area contributed by atoms with Crippen molar-refractivity contribution in [1.29, 1.82) is 0 Å². The Morgan fingerprint density at radius 1 is 0.571 bits per heavy atom. The lowest BCUT2D eigenvalue weighted by atomic mass is 9.75. The summed E-state index contributed by atoms with van der Waals surface area (Å²) in [6, 6.07) is 0. The number of hydrogen-bond donors (Lipinski definition) is 0. The van der Waals surface area contributed by atoms with E-state index in [1.54, 1.807) is 0 Å². The van der Waals surface area contributed by atoms with Gasteiger partial charge >= 0.3 is 0 Å². The highest BCUT2D eigenvalue weighted by Crippen LogP contribution is 2.43. The summed E-state index contributed by atoms with van der Waals surface area (Å²) >= 11 is 0. The molecule has 0 unspecified atom stereocenters. The molecule has 3 rings (SSSR count). The Balaban J connectivity index is 2.48. The molecule has 21 heavy (non-hydrogen) atoms. The van der Waals surface area contributed by atoms with Gasteiger partial charge in [0.15, 0.2) is 11.6 Å². The van der Waals surface area contributed by atoms with Crippen LogP contribution in [0.1, 0.15) is 63.2 Å².